The summed E-state index contributed by atoms with van der Waals surface area (Å²) in [5.74, 6) is -0.0630. The summed E-state index contributed by atoms with van der Waals surface area (Å²) in [6.07, 6.45) is 8.59. The van der Waals surface area contributed by atoms with Gasteiger partial charge in [-0.25, -0.2) is 0 Å². The van der Waals surface area contributed by atoms with E-state index in [2.05, 4.69) is 0 Å². The molecule has 0 saturated heterocycles. The van der Waals surface area contributed by atoms with Gasteiger partial charge in [-0.3, -0.25) is 0 Å². The van der Waals surface area contributed by atoms with Crippen molar-refractivity contribution in [1.82, 2.24) is 9.13 Å². The molecule has 4 rings (SSSR count). The summed E-state index contributed by atoms with van der Waals surface area (Å²) < 4.78 is 1.73. The molecule has 8 nitrogen and oxygen atoms in total. The van der Waals surface area contributed by atoms with Crippen LogP contribution in [-0.2, 0) is 25.7 Å². The SMILES string of the molecule is N#Cn1c(O)c2c(c1O)CC(CC1CCc3c(c(O)n(C#N)c3O)C1)CC2. The highest BCUT2D eigenvalue weighted by Crippen LogP contribution is 2.44. The maximum absolute atomic E-state index is 10.2. The molecule has 2 heterocycles. The van der Waals surface area contributed by atoms with Gasteiger partial charge in [-0.2, -0.15) is 19.7 Å². The molecule has 2 aromatic rings. The summed E-state index contributed by atoms with van der Waals surface area (Å²) in [5, 5.41) is 58.6. The minimum atomic E-state index is -0.172. The Kier molecular flexibility index (Phi) is 3.92. The van der Waals surface area contributed by atoms with Crippen molar-refractivity contribution in [3.05, 3.63) is 22.3 Å². The molecular formula is C19H20N4O4. The smallest absolute Gasteiger partial charge is 0.211 e. The van der Waals surface area contributed by atoms with Gasteiger partial charge in [-0.15, -0.1) is 0 Å². The van der Waals surface area contributed by atoms with E-state index in [-0.39, 0.29) is 23.5 Å². The van der Waals surface area contributed by atoms with Crippen LogP contribution in [0.5, 0.6) is 23.5 Å². The van der Waals surface area contributed by atoms with Gasteiger partial charge in [0.2, 0.25) is 23.5 Å². The molecule has 2 atom stereocenters. The van der Waals surface area contributed by atoms with Crippen molar-refractivity contribution in [3.63, 3.8) is 0 Å². The van der Waals surface area contributed by atoms with Crippen molar-refractivity contribution in [2.24, 2.45) is 11.8 Å². The number of fused-ring (bicyclic) bond motifs is 2. The lowest BCUT2D eigenvalue weighted by atomic mass is 9.75. The van der Waals surface area contributed by atoms with E-state index in [1.807, 2.05) is 0 Å². The fraction of sp³-hybridized carbons (Fsp3) is 0.474. The quantitative estimate of drug-likeness (QED) is 0.640. The van der Waals surface area contributed by atoms with Crippen LogP contribution in [0.2, 0.25) is 0 Å². The van der Waals surface area contributed by atoms with Crippen molar-refractivity contribution in [1.29, 1.82) is 10.5 Å². The summed E-state index contributed by atoms with van der Waals surface area (Å²) in [4.78, 5) is 0. The third-order valence-electron chi connectivity index (χ3n) is 6.11. The largest absolute Gasteiger partial charge is 0.493 e. The fourth-order valence-electron chi connectivity index (χ4n) is 4.78. The normalized spacial score (nSPS) is 21.1. The Morgan fingerprint density at radius 1 is 0.704 bits per heavy atom. The minimum absolute atomic E-state index is 0.163. The third kappa shape index (κ3) is 2.48. The molecular weight excluding hydrogens is 348 g/mol. The Morgan fingerprint density at radius 2 is 1.07 bits per heavy atom. The van der Waals surface area contributed by atoms with E-state index in [1.165, 1.54) is 0 Å². The number of aromatic hydroxyl groups is 4. The highest BCUT2D eigenvalue weighted by atomic mass is 16.3. The van der Waals surface area contributed by atoms with Crippen LogP contribution < -0.4 is 0 Å². The van der Waals surface area contributed by atoms with Crippen LogP contribution in [0.15, 0.2) is 0 Å². The van der Waals surface area contributed by atoms with Crippen LogP contribution in [0.1, 0.15) is 41.5 Å². The average Bonchev–Trinajstić information content (AvgIpc) is 3.05. The molecule has 0 aliphatic heterocycles. The first-order valence-corrected chi connectivity index (χ1v) is 9.05. The molecule has 140 valence electrons. The lowest BCUT2D eigenvalue weighted by molar-refractivity contribution is 0.307. The number of aromatic nitrogens is 2. The molecule has 27 heavy (non-hydrogen) atoms. The summed E-state index contributed by atoms with van der Waals surface area (Å²) >= 11 is 0. The van der Waals surface area contributed by atoms with E-state index in [0.717, 1.165) is 28.4 Å². The van der Waals surface area contributed by atoms with E-state index in [0.29, 0.717) is 59.8 Å². The molecule has 8 heteroatoms. The van der Waals surface area contributed by atoms with Gasteiger partial charge in [0.25, 0.3) is 0 Å². The maximum Gasteiger partial charge on any atom is 0.211 e. The summed E-state index contributed by atoms with van der Waals surface area (Å²) in [6, 6.07) is 0. The molecule has 0 saturated carbocycles. The lowest BCUT2D eigenvalue weighted by Gasteiger charge is -2.29. The van der Waals surface area contributed by atoms with Gasteiger partial charge in [-0.05, 0) is 56.8 Å². The first kappa shape index (κ1) is 17.2. The van der Waals surface area contributed by atoms with Crippen LogP contribution >= 0.6 is 0 Å². The van der Waals surface area contributed by atoms with Gasteiger partial charge in [0, 0.05) is 22.3 Å². The van der Waals surface area contributed by atoms with Crippen LogP contribution in [-0.4, -0.2) is 29.6 Å². The molecule has 2 aromatic heterocycles. The number of hydrogen-bond acceptors (Lipinski definition) is 6. The van der Waals surface area contributed by atoms with Gasteiger partial charge in [0.15, 0.2) is 12.4 Å². The van der Waals surface area contributed by atoms with E-state index < -0.39 is 0 Å². The molecule has 4 N–H and O–H groups in total. The number of nitriles is 2. The molecule has 2 aliphatic carbocycles. The molecule has 0 radical (unpaired) electrons. The van der Waals surface area contributed by atoms with Crippen molar-refractivity contribution in [2.75, 3.05) is 0 Å². The molecule has 0 amide bonds. The summed E-state index contributed by atoms with van der Waals surface area (Å²) in [7, 11) is 0. The molecule has 2 aliphatic rings. The van der Waals surface area contributed by atoms with Crippen LogP contribution in [0, 0.1) is 34.7 Å². The second kappa shape index (κ2) is 6.17. The first-order chi connectivity index (χ1) is 13.0. The van der Waals surface area contributed by atoms with Gasteiger partial charge >= 0.3 is 0 Å². The Labute approximate surface area is 155 Å². The van der Waals surface area contributed by atoms with E-state index in [9.17, 15) is 20.4 Å². The standard InChI is InChI=1S/C19H20N4O4/c20-8-22-16(24)12-3-1-10(6-14(12)18(22)26)5-11-2-4-13-15(7-11)19(27)23(9-21)17(13)25/h10-11,24-27H,1-7H2. The van der Waals surface area contributed by atoms with Crippen LogP contribution in [0.25, 0.3) is 0 Å². The highest BCUT2D eigenvalue weighted by molar-refractivity contribution is 5.50. The molecule has 0 fully saturated rings. The third-order valence-corrected chi connectivity index (χ3v) is 6.11. The average molecular weight is 368 g/mol. The predicted molar refractivity (Wildman–Crippen MR) is 93.2 cm³/mol. The molecule has 2 unspecified atom stereocenters. The zero-order valence-corrected chi connectivity index (χ0v) is 14.7. The van der Waals surface area contributed by atoms with Crippen LogP contribution in [0.4, 0.5) is 0 Å². The number of hydrogen-bond donors (Lipinski definition) is 4. The summed E-state index contributed by atoms with van der Waals surface area (Å²) in [6.45, 7) is 0. The summed E-state index contributed by atoms with van der Waals surface area (Å²) in [5.41, 5.74) is 2.62. The zero-order chi connectivity index (χ0) is 19.3. The van der Waals surface area contributed by atoms with E-state index in [1.54, 1.807) is 12.4 Å². The van der Waals surface area contributed by atoms with Crippen molar-refractivity contribution in [3.8, 4) is 35.9 Å². The topological polar surface area (TPSA) is 138 Å². The zero-order valence-electron chi connectivity index (χ0n) is 14.7. The van der Waals surface area contributed by atoms with Crippen molar-refractivity contribution >= 4 is 0 Å². The monoisotopic (exact) mass is 368 g/mol. The van der Waals surface area contributed by atoms with Crippen molar-refractivity contribution in [2.45, 2.75) is 44.9 Å². The Bertz CT molecular complexity index is 925. The van der Waals surface area contributed by atoms with Crippen molar-refractivity contribution < 1.29 is 20.4 Å². The molecule has 0 bridgehead atoms. The molecule has 0 spiro atoms. The second-order valence-electron chi connectivity index (χ2n) is 7.53. The predicted octanol–water partition coefficient (Wildman–Crippen LogP) is 2.07. The van der Waals surface area contributed by atoms with Gasteiger partial charge < -0.3 is 20.4 Å². The van der Waals surface area contributed by atoms with Gasteiger partial charge in [0.05, 0.1) is 0 Å². The number of nitrogens with zero attached hydrogens (tertiary/aromatic N) is 4. The Hall–Kier alpha value is -3.26. The van der Waals surface area contributed by atoms with Gasteiger partial charge in [-0.1, -0.05) is 0 Å². The Balaban J connectivity index is 1.51. The van der Waals surface area contributed by atoms with E-state index >= 15 is 0 Å². The second-order valence-corrected chi connectivity index (χ2v) is 7.53. The lowest BCUT2D eigenvalue weighted by Crippen LogP contribution is -2.21. The minimum Gasteiger partial charge on any atom is -0.493 e. The molecule has 0 aromatic carbocycles. The van der Waals surface area contributed by atoms with Crippen LogP contribution in [0.3, 0.4) is 0 Å². The Morgan fingerprint density at radius 3 is 1.44 bits per heavy atom. The van der Waals surface area contributed by atoms with Gasteiger partial charge in [0.1, 0.15) is 0 Å². The fourth-order valence-corrected chi connectivity index (χ4v) is 4.78. The maximum atomic E-state index is 10.2. The van der Waals surface area contributed by atoms with E-state index in [4.69, 9.17) is 10.5 Å². The number of rotatable bonds is 2. The first-order valence-electron chi connectivity index (χ1n) is 9.05. The highest BCUT2D eigenvalue weighted by Gasteiger charge is 2.33.